The second-order valence-electron chi connectivity index (χ2n) is 15.7. The standard InChI is InChI=1S/C46H83N2O6P/c1-6-8-10-12-14-16-18-20-21-22-23-24-25-26-27-28-30-32-34-36-38-40-46(50)47-44(43-54-55(51,52)53-42-41-48(3,4)5)45(49)39-37-35-33-31-29-19-17-15-13-11-9-7-2/h13,15,18,20,22-23,25-26,29,31,37,39,44-45,49H,6-12,14,16-17,19,21,24,27-28,30,32-36,38,40-43H2,1-5H3,(H-,47,50,51,52)/b15-13+,20-18-,23-22-,26-25-,31-29+,39-37+. The highest BCUT2D eigenvalue weighted by Gasteiger charge is 2.23. The Bertz CT molecular complexity index is 1120. The molecule has 1 amide bonds. The number of carbonyl (C=O) groups is 1. The molecular weight excluding hydrogens is 707 g/mol. The van der Waals surface area contributed by atoms with E-state index in [2.05, 4.69) is 79.9 Å². The Labute approximate surface area is 338 Å². The Kier molecular flexibility index (Phi) is 36.1. The van der Waals surface area contributed by atoms with Gasteiger partial charge in [0.25, 0.3) is 7.82 Å². The first-order chi connectivity index (χ1) is 26.5. The first kappa shape index (κ1) is 52.9. The highest BCUT2D eigenvalue weighted by atomic mass is 31.2. The van der Waals surface area contributed by atoms with Gasteiger partial charge in [0.1, 0.15) is 13.2 Å². The molecule has 3 unspecified atom stereocenters. The molecule has 0 saturated heterocycles. The number of aliphatic hydroxyl groups is 1. The predicted molar refractivity (Wildman–Crippen MR) is 233 cm³/mol. The topological polar surface area (TPSA) is 108 Å². The van der Waals surface area contributed by atoms with Gasteiger partial charge in [0, 0.05) is 6.42 Å². The van der Waals surface area contributed by atoms with E-state index in [0.29, 0.717) is 17.4 Å². The lowest BCUT2D eigenvalue weighted by Gasteiger charge is -2.29. The normalized spacial score (nSPS) is 15.1. The van der Waals surface area contributed by atoms with E-state index in [1.807, 2.05) is 27.2 Å². The van der Waals surface area contributed by atoms with Gasteiger partial charge in [-0.05, 0) is 77.0 Å². The molecule has 318 valence electrons. The maximum absolute atomic E-state index is 12.8. The fourth-order valence-electron chi connectivity index (χ4n) is 5.59. The van der Waals surface area contributed by atoms with Crippen molar-refractivity contribution in [2.45, 2.75) is 174 Å². The van der Waals surface area contributed by atoms with Crippen molar-refractivity contribution in [3.05, 3.63) is 72.9 Å². The van der Waals surface area contributed by atoms with Crippen LogP contribution in [0.1, 0.15) is 162 Å². The number of hydrogen-bond donors (Lipinski definition) is 2. The molecule has 0 heterocycles. The number of allylic oxidation sites excluding steroid dienone is 11. The Morgan fingerprint density at radius 1 is 0.636 bits per heavy atom. The molecule has 0 aromatic heterocycles. The van der Waals surface area contributed by atoms with E-state index in [0.717, 1.165) is 77.0 Å². The quantitative estimate of drug-likeness (QED) is 0.0279. The number of aliphatic hydroxyl groups excluding tert-OH is 1. The zero-order valence-corrected chi connectivity index (χ0v) is 36.7. The third-order valence-electron chi connectivity index (χ3n) is 9.12. The maximum Gasteiger partial charge on any atom is 0.268 e. The molecule has 0 aliphatic rings. The third-order valence-corrected chi connectivity index (χ3v) is 10.1. The van der Waals surface area contributed by atoms with Gasteiger partial charge in [0.05, 0.1) is 39.9 Å². The van der Waals surface area contributed by atoms with Gasteiger partial charge in [0.15, 0.2) is 0 Å². The minimum atomic E-state index is -4.60. The van der Waals surface area contributed by atoms with Crippen LogP contribution in [0.5, 0.6) is 0 Å². The largest absolute Gasteiger partial charge is 0.756 e. The number of rotatable bonds is 38. The second kappa shape index (κ2) is 37.5. The summed E-state index contributed by atoms with van der Waals surface area (Å²) >= 11 is 0. The first-order valence-electron chi connectivity index (χ1n) is 21.8. The van der Waals surface area contributed by atoms with Crippen LogP contribution in [0, 0.1) is 0 Å². The van der Waals surface area contributed by atoms with Crippen molar-refractivity contribution in [2.24, 2.45) is 0 Å². The van der Waals surface area contributed by atoms with Crippen molar-refractivity contribution < 1.29 is 32.9 Å². The summed E-state index contributed by atoms with van der Waals surface area (Å²) in [4.78, 5) is 25.2. The lowest BCUT2D eigenvalue weighted by molar-refractivity contribution is -0.870. The summed E-state index contributed by atoms with van der Waals surface area (Å²) in [6.45, 7) is 4.52. The van der Waals surface area contributed by atoms with Gasteiger partial charge in [-0.2, -0.15) is 0 Å². The number of likely N-dealkylation sites (N-methyl/N-ethyl adjacent to an activating group) is 1. The second-order valence-corrected chi connectivity index (χ2v) is 17.1. The molecule has 0 aliphatic carbocycles. The van der Waals surface area contributed by atoms with Gasteiger partial charge in [-0.1, -0.05) is 151 Å². The van der Waals surface area contributed by atoms with Crippen LogP contribution in [0.15, 0.2) is 72.9 Å². The predicted octanol–water partition coefficient (Wildman–Crippen LogP) is 11.4. The van der Waals surface area contributed by atoms with Gasteiger partial charge in [-0.15, -0.1) is 0 Å². The van der Waals surface area contributed by atoms with Crippen LogP contribution in [0.4, 0.5) is 0 Å². The number of carbonyl (C=O) groups excluding carboxylic acids is 1. The molecule has 9 heteroatoms. The molecule has 0 aromatic rings. The molecule has 0 spiro atoms. The van der Waals surface area contributed by atoms with Crippen LogP contribution < -0.4 is 10.2 Å². The van der Waals surface area contributed by atoms with Crippen molar-refractivity contribution in [3.63, 3.8) is 0 Å². The number of unbranched alkanes of at least 4 members (excludes halogenated alkanes) is 15. The minimum Gasteiger partial charge on any atom is -0.756 e. The highest BCUT2D eigenvalue weighted by molar-refractivity contribution is 7.45. The Hall–Kier alpha value is -2.06. The number of quaternary nitrogens is 1. The molecule has 8 nitrogen and oxygen atoms in total. The van der Waals surface area contributed by atoms with E-state index in [1.165, 1.54) is 64.2 Å². The van der Waals surface area contributed by atoms with E-state index in [9.17, 15) is 19.4 Å². The number of nitrogens with one attached hydrogen (secondary N) is 1. The Morgan fingerprint density at radius 2 is 1.09 bits per heavy atom. The van der Waals surface area contributed by atoms with Crippen molar-refractivity contribution in [2.75, 3.05) is 40.9 Å². The monoisotopic (exact) mass is 791 g/mol. The number of amides is 1. The first-order valence-corrected chi connectivity index (χ1v) is 23.3. The van der Waals surface area contributed by atoms with E-state index in [-0.39, 0.29) is 12.5 Å². The van der Waals surface area contributed by atoms with Gasteiger partial charge in [-0.3, -0.25) is 9.36 Å². The zero-order chi connectivity index (χ0) is 40.7. The van der Waals surface area contributed by atoms with E-state index in [1.54, 1.807) is 6.08 Å². The summed E-state index contributed by atoms with van der Waals surface area (Å²) in [6.07, 6.45) is 49.5. The van der Waals surface area contributed by atoms with E-state index >= 15 is 0 Å². The number of phosphoric acid groups is 1. The summed E-state index contributed by atoms with van der Waals surface area (Å²) in [5, 5.41) is 13.7. The Morgan fingerprint density at radius 3 is 1.65 bits per heavy atom. The average Bonchev–Trinajstić information content (AvgIpc) is 3.13. The molecule has 0 radical (unpaired) electrons. The van der Waals surface area contributed by atoms with Crippen molar-refractivity contribution in [3.8, 4) is 0 Å². The summed E-state index contributed by atoms with van der Waals surface area (Å²) in [7, 11) is 1.21. The average molecular weight is 791 g/mol. The van der Waals surface area contributed by atoms with Crippen molar-refractivity contribution in [1.29, 1.82) is 0 Å². The molecule has 55 heavy (non-hydrogen) atoms. The molecular formula is C46H83N2O6P. The molecule has 0 bridgehead atoms. The van der Waals surface area contributed by atoms with Gasteiger partial charge in [-0.25, -0.2) is 0 Å². The minimum absolute atomic E-state index is 0.0155. The molecule has 3 atom stereocenters. The summed E-state index contributed by atoms with van der Waals surface area (Å²) in [5.74, 6) is -0.229. The van der Waals surface area contributed by atoms with Crippen LogP contribution in [-0.4, -0.2) is 68.5 Å². The molecule has 2 N–H and O–H groups in total. The summed E-state index contributed by atoms with van der Waals surface area (Å²) < 4.78 is 23.1. The fraction of sp³-hybridized carbons (Fsp3) is 0.717. The molecule has 0 fully saturated rings. The molecule has 0 rings (SSSR count). The maximum atomic E-state index is 12.8. The Balaban J connectivity index is 4.47. The number of nitrogens with zero attached hydrogens (tertiary/aromatic N) is 1. The number of hydrogen-bond acceptors (Lipinski definition) is 6. The van der Waals surface area contributed by atoms with Crippen LogP contribution in [-0.2, 0) is 18.4 Å². The van der Waals surface area contributed by atoms with Crippen LogP contribution in [0.2, 0.25) is 0 Å². The van der Waals surface area contributed by atoms with E-state index < -0.39 is 26.6 Å². The molecule has 0 aliphatic heterocycles. The fourth-order valence-corrected chi connectivity index (χ4v) is 6.31. The lowest BCUT2D eigenvalue weighted by Crippen LogP contribution is -2.45. The van der Waals surface area contributed by atoms with Crippen LogP contribution >= 0.6 is 7.82 Å². The number of phosphoric ester groups is 1. The smallest absolute Gasteiger partial charge is 0.268 e. The van der Waals surface area contributed by atoms with Gasteiger partial charge >= 0.3 is 0 Å². The molecule has 0 aromatic carbocycles. The van der Waals surface area contributed by atoms with Crippen molar-refractivity contribution in [1.82, 2.24) is 5.32 Å². The lowest BCUT2D eigenvalue weighted by atomic mass is 10.1. The zero-order valence-electron chi connectivity index (χ0n) is 35.9. The van der Waals surface area contributed by atoms with Crippen LogP contribution in [0.25, 0.3) is 0 Å². The third kappa shape index (κ3) is 40.0. The summed E-state index contributed by atoms with van der Waals surface area (Å²) in [6, 6.07) is -0.918. The highest BCUT2D eigenvalue weighted by Crippen LogP contribution is 2.38. The SMILES string of the molecule is CCCC/C=C/CC/C=C/CC/C=C/C(O)C(COP(=O)([O-])OCC[N+](C)(C)C)NC(=O)CCCCCCCC/C=C\C/C=C\C/C=C\CCCCCCC. The van der Waals surface area contributed by atoms with E-state index in [4.69, 9.17) is 9.05 Å². The van der Waals surface area contributed by atoms with Gasteiger partial charge < -0.3 is 28.8 Å². The van der Waals surface area contributed by atoms with Crippen LogP contribution in [0.3, 0.4) is 0 Å². The molecule has 0 saturated carbocycles. The van der Waals surface area contributed by atoms with Crippen molar-refractivity contribution >= 4 is 13.7 Å². The van der Waals surface area contributed by atoms with Gasteiger partial charge in [0.2, 0.25) is 5.91 Å². The summed E-state index contributed by atoms with van der Waals surface area (Å²) in [5.41, 5.74) is 0.